The first-order valence-electron chi connectivity index (χ1n) is 10.2. The predicted molar refractivity (Wildman–Crippen MR) is 91.8 cm³/mol. The fourth-order valence-corrected chi connectivity index (χ4v) is 7.84. The van der Waals surface area contributed by atoms with E-state index < -0.39 is 0 Å². The molecule has 0 N–H and O–H groups in total. The van der Waals surface area contributed by atoms with Crippen LogP contribution in [0.3, 0.4) is 0 Å². The Morgan fingerprint density at radius 2 is 1.88 bits per heavy atom. The number of ether oxygens (including phenoxy) is 2. The second kappa shape index (κ2) is 4.88. The predicted octanol–water partition coefficient (Wildman–Crippen LogP) is 3.66. The van der Waals surface area contributed by atoms with Crippen molar-refractivity contribution < 1.29 is 19.1 Å². The Labute approximate surface area is 150 Å². The first-order chi connectivity index (χ1) is 11.8. The SMILES string of the molecule is CC(=O)O[C@@H]1CC[C@H]2[C@@H]3CC[C@@]45O[C@H]4C(=O)CC[C@]5(C)[C@H]3CC[C@]12C. The Hall–Kier alpha value is -0.900. The minimum absolute atomic E-state index is 0.0949. The maximum Gasteiger partial charge on any atom is 0.302 e. The molecule has 0 aromatic carbocycles. The van der Waals surface area contributed by atoms with Crippen LogP contribution in [0.2, 0.25) is 0 Å². The van der Waals surface area contributed by atoms with Crippen molar-refractivity contribution in [2.45, 2.75) is 89.9 Å². The summed E-state index contributed by atoms with van der Waals surface area (Å²) in [5, 5.41) is 0. The topological polar surface area (TPSA) is 55.9 Å². The fraction of sp³-hybridized carbons (Fsp3) is 0.905. The smallest absolute Gasteiger partial charge is 0.302 e. The van der Waals surface area contributed by atoms with Gasteiger partial charge in [0.15, 0.2) is 5.78 Å². The summed E-state index contributed by atoms with van der Waals surface area (Å²) < 4.78 is 11.9. The van der Waals surface area contributed by atoms with Gasteiger partial charge in [-0.25, -0.2) is 0 Å². The van der Waals surface area contributed by atoms with E-state index >= 15 is 0 Å². The van der Waals surface area contributed by atoms with Crippen molar-refractivity contribution >= 4 is 11.8 Å². The van der Waals surface area contributed by atoms with Crippen molar-refractivity contribution in [3.05, 3.63) is 0 Å². The molecule has 4 aliphatic carbocycles. The second-order valence-corrected chi connectivity index (χ2v) is 9.91. The van der Waals surface area contributed by atoms with Crippen LogP contribution in [0.15, 0.2) is 0 Å². The summed E-state index contributed by atoms with van der Waals surface area (Å²) in [6, 6.07) is 0. The molecule has 5 rings (SSSR count). The van der Waals surface area contributed by atoms with E-state index in [1.54, 1.807) is 0 Å². The van der Waals surface area contributed by atoms with Crippen LogP contribution < -0.4 is 0 Å². The lowest BCUT2D eigenvalue weighted by atomic mass is 9.45. The minimum atomic E-state index is -0.136. The van der Waals surface area contributed by atoms with Crippen molar-refractivity contribution in [1.29, 1.82) is 0 Å². The summed E-state index contributed by atoms with van der Waals surface area (Å²) in [6.07, 6.45) is 8.45. The number of epoxide rings is 1. The maximum absolute atomic E-state index is 12.2. The average molecular weight is 346 g/mol. The van der Waals surface area contributed by atoms with Crippen LogP contribution in [0.4, 0.5) is 0 Å². The summed E-state index contributed by atoms with van der Waals surface area (Å²) in [5.74, 6) is 2.22. The largest absolute Gasteiger partial charge is 0.462 e. The number of carbonyl (C=O) groups is 2. The molecule has 1 spiro atoms. The Bertz CT molecular complexity index is 644. The summed E-state index contributed by atoms with van der Waals surface area (Å²) in [4.78, 5) is 23.7. The third-order valence-corrected chi connectivity index (χ3v) is 9.17. The summed E-state index contributed by atoms with van der Waals surface area (Å²) in [5.41, 5.74) is 0.169. The number of ketones is 1. The number of hydrogen-bond donors (Lipinski definition) is 0. The van der Waals surface area contributed by atoms with Gasteiger partial charge in [0, 0.05) is 24.2 Å². The van der Waals surface area contributed by atoms with E-state index in [1.807, 2.05) is 0 Å². The molecule has 0 aromatic rings. The molecule has 0 unspecified atom stereocenters. The molecular weight excluding hydrogens is 316 g/mol. The van der Waals surface area contributed by atoms with Crippen LogP contribution in [0.5, 0.6) is 0 Å². The van der Waals surface area contributed by atoms with Crippen LogP contribution in [-0.4, -0.2) is 29.6 Å². The van der Waals surface area contributed by atoms with Crippen molar-refractivity contribution in [2.24, 2.45) is 28.6 Å². The van der Waals surface area contributed by atoms with Gasteiger partial charge in [0.25, 0.3) is 0 Å². The fourth-order valence-electron chi connectivity index (χ4n) is 7.84. The monoisotopic (exact) mass is 346 g/mol. The summed E-state index contributed by atoms with van der Waals surface area (Å²) in [6.45, 7) is 6.32. The lowest BCUT2D eigenvalue weighted by Crippen LogP contribution is -2.58. The third kappa shape index (κ3) is 1.87. The Morgan fingerprint density at radius 1 is 1.08 bits per heavy atom. The number of esters is 1. The van der Waals surface area contributed by atoms with Crippen molar-refractivity contribution in [2.75, 3.05) is 0 Å². The highest BCUT2D eigenvalue weighted by atomic mass is 16.6. The van der Waals surface area contributed by atoms with Gasteiger partial charge >= 0.3 is 5.97 Å². The molecule has 0 aromatic heterocycles. The molecule has 1 saturated heterocycles. The van der Waals surface area contributed by atoms with E-state index in [0.717, 1.165) is 25.7 Å². The quantitative estimate of drug-likeness (QED) is 0.537. The van der Waals surface area contributed by atoms with Gasteiger partial charge in [0.05, 0.1) is 0 Å². The van der Waals surface area contributed by atoms with Gasteiger partial charge < -0.3 is 9.47 Å². The molecule has 4 saturated carbocycles. The summed E-state index contributed by atoms with van der Waals surface area (Å²) >= 11 is 0. The first kappa shape index (κ1) is 16.3. The van der Waals surface area contributed by atoms with Gasteiger partial charge in [-0.1, -0.05) is 13.8 Å². The molecule has 0 amide bonds. The van der Waals surface area contributed by atoms with Crippen LogP contribution in [-0.2, 0) is 19.1 Å². The number of Topliss-reactive ketones (excluding diaryl/α,β-unsaturated/α-hetero) is 1. The van der Waals surface area contributed by atoms with Gasteiger partial charge in [-0.2, -0.15) is 0 Å². The van der Waals surface area contributed by atoms with E-state index in [0.29, 0.717) is 30.0 Å². The normalized spacial score (nSPS) is 56.3. The van der Waals surface area contributed by atoms with E-state index in [9.17, 15) is 9.59 Å². The lowest BCUT2D eigenvalue weighted by molar-refractivity contribution is -0.161. The number of carbonyl (C=O) groups excluding carboxylic acids is 2. The number of rotatable bonds is 1. The van der Waals surface area contributed by atoms with Gasteiger partial charge in [-0.05, 0) is 62.7 Å². The zero-order chi connectivity index (χ0) is 17.6. The molecule has 4 heteroatoms. The number of fused-ring (bicyclic) bond motifs is 4. The van der Waals surface area contributed by atoms with Crippen LogP contribution >= 0.6 is 0 Å². The molecule has 4 nitrogen and oxygen atoms in total. The molecule has 0 radical (unpaired) electrons. The van der Waals surface area contributed by atoms with E-state index in [1.165, 1.54) is 26.2 Å². The zero-order valence-corrected chi connectivity index (χ0v) is 15.7. The molecule has 1 aliphatic heterocycles. The molecule has 5 fully saturated rings. The van der Waals surface area contributed by atoms with Crippen molar-refractivity contribution in [3.63, 3.8) is 0 Å². The molecule has 138 valence electrons. The molecule has 8 atom stereocenters. The summed E-state index contributed by atoms with van der Waals surface area (Å²) in [7, 11) is 0. The van der Waals surface area contributed by atoms with Crippen LogP contribution in [0, 0.1) is 28.6 Å². The van der Waals surface area contributed by atoms with Crippen molar-refractivity contribution in [3.8, 4) is 0 Å². The Kier molecular flexibility index (Phi) is 3.18. The van der Waals surface area contributed by atoms with Crippen LogP contribution in [0.1, 0.15) is 72.1 Å². The molecule has 1 heterocycles. The molecule has 0 bridgehead atoms. The van der Waals surface area contributed by atoms with Crippen molar-refractivity contribution in [1.82, 2.24) is 0 Å². The van der Waals surface area contributed by atoms with E-state index in [4.69, 9.17) is 9.47 Å². The first-order valence-corrected chi connectivity index (χ1v) is 10.2. The highest BCUT2D eigenvalue weighted by Crippen LogP contribution is 2.72. The molecule has 5 aliphatic rings. The lowest BCUT2D eigenvalue weighted by Gasteiger charge is -2.59. The van der Waals surface area contributed by atoms with Gasteiger partial charge in [0.1, 0.15) is 17.8 Å². The van der Waals surface area contributed by atoms with Gasteiger partial charge in [0.2, 0.25) is 0 Å². The number of hydrogen-bond acceptors (Lipinski definition) is 4. The Balaban J connectivity index is 1.44. The molecule has 25 heavy (non-hydrogen) atoms. The van der Waals surface area contributed by atoms with E-state index in [-0.39, 0.29) is 34.6 Å². The van der Waals surface area contributed by atoms with E-state index in [2.05, 4.69) is 13.8 Å². The zero-order valence-electron chi connectivity index (χ0n) is 15.7. The standard InChI is InChI=1S/C21H30O4/c1-12(22)24-17-5-4-14-13-6-11-21-18(25-21)16(23)8-10-20(21,3)15(13)7-9-19(14,17)2/h13-15,17-18H,4-11H2,1-3H3/t13-,14-,15-,17+,18-,19-,20+,21+/m0/s1. The minimum Gasteiger partial charge on any atom is -0.462 e. The highest BCUT2D eigenvalue weighted by Gasteiger charge is 2.76. The Morgan fingerprint density at radius 3 is 2.64 bits per heavy atom. The maximum atomic E-state index is 12.2. The van der Waals surface area contributed by atoms with Crippen LogP contribution in [0.25, 0.3) is 0 Å². The highest BCUT2D eigenvalue weighted by molar-refractivity contribution is 5.88. The average Bonchev–Trinajstić information content (AvgIpc) is 3.22. The second-order valence-electron chi connectivity index (χ2n) is 9.91. The van der Waals surface area contributed by atoms with Gasteiger partial charge in [-0.3, -0.25) is 9.59 Å². The van der Waals surface area contributed by atoms with Gasteiger partial charge in [-0.15, -0.1) is 0 Å². The molecular formula is C21H30O4. The third-order valence-electron chi connectivity index (χ3n) is 9.17.